The lowest BCUT2D eigenvalue weighted by Gasteiger charge is -2.11. The first-order chi connectivity index (χ1) is 13.8. The van der Waals surface area contributed by atoms with Gasteiger partial charge >= 0.3 is 11.8 Å². The Morgan fingerprint density at radius 1 is 1.00 bits per heavy atom. The van der Waals surface area contributed by atoms with Crippen LogP contribution in [0.1, 0.15) is 21.7 Å². The second kappa shape index (κ2) is 9.20. The largest absolute Gasteiger partial charge is 0.347 e. The lowest BCUT2D eigenvalue weighted by Crippen LogP contribution is -2.36. The molecule has 0 aliphatic heterocycles. The number of halogens is 1. The predicted octanol–water partition coefficient (Wildman–Crippen LogP) is 4.69. The predicted molar refractivity (Wildman–Crippen MR) is 119 cm³/mol. The smallest absolute Gasteiger partial charge is 0.313 e. The van der Waals surface area contributed by atoms with Crippen molar-refractivity contribution in [3.8, 4) is 10.6 Å². The molecule has 3 rings (SSSR count). The molecule has 0 saturated heterocycles. The summed E-state index contributed by atoms with van der Waals surface area (Å²) in [5.74, 6) is -1.31. The Kier molecular flexibility index (Phi) is 6.67. The molecular formula is C22H22ClN3O2S. The number of carbonyl (C=O) groups is 2. The number of benzene rings is 2. The van der Waals surface area contributed by atoms with Crippen LogP contribution in [0.15, 0.2) is 42.5 Å². The van der Waals surface area contributed by atoms with E-state index in [1.165, 1.54) is 0 Å². The van der Waals surface area contributed by atoms with Gasteiger partial charge in [0.25, 0.3) is 0 Å². The molecule has 0 aliphatic carbocycles. The van der Waals surface area contributed by atoms with E-state index in [9.17, 15) is 9.59 Å². The average Bonchev–Trinajstić information content (AvgIpc) is 3.06. The van der Waals surface area contributed by atoms with Crippen molar-refractivity contribution in [2.24, 2.45) is 0 Å². The zero-order valence-electron chi connectivity index (χ0n) is 16.5. The molecule has 1 heterocycles. The summed E-state index contributed by atoms with van der Waals surface area (Å²) in [5.41, 5.74) is 4.45. The van der Waals surface area contributed by atoms with Gasteiger partial charge in [0, 0.05) is 34.1 Å². The molecule has 0 atom stereocenters. The van der Waals surface area contributed by atoms with E-state index in [0.29, 0.717) is 23.7 Å². The van der Waals surface area contributed by atoms with Crippen LogP contribution in [0, 0.1) is 20.8 Å². The second-order valence-electron chi connectivity index (χ2n) is 6.76. The van der Waals surface area contributed by atoms with Gasteiger partial charge in [0.2, 0.25) is 0 Å². The molecule has 0 saturated carbocycles. The van der Waals surface area contributed by atoms with Gasteiger partial charge in [-0.15, -0.1) is 11.3 Å². The summed E-state index contributed by atoms with van der Waals surface area (Å²) < 4.78 is 0. The van der Waals surface area contributed by atoms with Gasteiger partial charge in [-0.3, -0.25) is 9.59 Å². The van der Waals surface area contributed by atoms with Crippen LogP contribution in [0.2, 0.25) is 5.02 Å². The van der Waals surface area contributed by atoms with Crippen LogP contribution in [0.3, 0.4) is 0 Å². The molecule has 0 aliphatic rings. The van der Waals surface area contributed by atoms with Crippen molar-refractivity contribution in [3.63, 3.8) is 0 Å². The van der Waals surface area contributed by atoms with Crippen LogP contribution >= 0.6 is 22.9 Å². The Morgan fingerprint density at radius 2 is 1.66 bits per heavy atom. The Labute approximate surface area is 179 Å². The van der Waals surface area contributed by atoms with Crippen molar-refractivity contribution in [1.82, 2.24) is 10.3 Å². The topological polar surface area (TPSA) is 71.1 Å². The van der Waals surface area contributed by atoms with Gasteiger partial charge in [0.1, 0.15) is 5.01 Å². The zero-order chi connectivity index (χ0) is 21.0. The van der Waals surface area contributed by atoms with Crippen LogP contribution in [0.25, 0.3) is 10.6 Å². The normalized spacial score (nSPS) is 10.6. The number of hydrogen-bond donors (Lipinski definition) is 2. The summed E-state index contributed by atoms with van der Waals surface area (Å²) in [6.07, 6.45) is 0.611. The van der Waals surface area contributed by atoms with Crippen molar-refractivity contribution in [3.05, 3.63) is 69.2 Å². The highest BCUT2D eigenvalue weighted by Gasteiger charge is 2.16. The number of nitrogens with zero attached hydrogens (tertiary/aromatic N) is 1. The van der Waals surface area contributed by atoms with Crippen LogP contribution in [0.4, 0.5) is 5.69 Å². The monoisotopic (exact) mass is 427 g/mol. The number of para-hydroxylation sites is 1. The van der Waals surface area contributed by atoms with Gasteiger partial charge in [-0.2, -0.15) is 0 Å². The number of aryl methyl sites for hydroxylation is 3. The number of thiazole rings is 1. The Morgan fingerprint density at radius 3 is 2.31 bits per heavy atom. The summed E-state index contributed by atoms with van der Waals surface area (Å²) >= 11 is 7.52. The molecule has 29 heavy (non-hydrogen) atoms. The minimum atomic E-state index is -0.662. The van der Waals surface area contributed by atoms with Crippen molar-refractivity contribution in [2.75, 3.05) is 11.9 Å². The van der Waals surface area contributed by atoms with Crippen molar-refractivity contribution >= 4 is 40.4 Å². The molecule has 2 N–H and O–H groups in total. The number of hydrogen-bond acceptors (Lipinski definition) is 4. The zero-order valence-corrected chi connectivity index (χ0v) is 18.1. The number of amides is 2. The third kappa shape index (κ3) is 5.22. The number of aromatic nitrogens is 1. The lowest BCUT2D eigenvalue weighted by atomic mass is 10.1. The van der Waals surface area contributed by atoms with E-state index < -0.39 is 11.8 Å². The summed E-state index contributed by atoms with van der Waals surface area (Å²) in [4.78, 5) is 30.0. The van der Waals surface area contributed by atoms with E-state index in [1.807, 2.05) is 63.2 Å². The van der Waals surface area contributed by atoms with Gasteiger partial charge in [0.15, 0.2) is 0 Å². The Hall–Kier alpha value is -2.70. The maximum Gasteiger partial charge on any atom is 0.313 e. The van der Waals surface area contributed by atoms with Crippen LogP contribution in [-0.2, 0) is 16.0 Å². The molecule has 2 aromatic carbocycles. The molecular weight excluding hydrogens is 406 g/mol. The highest BCUT2D eigenvalue weighted by Crippen LogP contribution is 2.29. The van der Waals surface area contributed by atoms with Crippen molar-refractivity contribution in [2.45, 2.75) is 27.2 Å². The van der Waals surface area contributed by atoms with Gasteiger partial charge in [-0.1, -0.05) is 41.9 Å². The first-order valence-electron chi connectivity index (χ1n) is 9.23. The minimum Gasteiger partial charge on any atom is -0.347 e. The molecule has 0 radical (unpaired) electrons. The van der Waals surface area contributed by atoms with Crippen molar-refractivity contribution in [1.29, 1.82) is 0 Å². The fourth-order valence-corrected chi connectivity index (χ4v) is 4.12. The van der Waals surface area contributed by atoms with E-state index in [0.717, 1.165) is 32.3 Å². The van der Waals surface area contributed by atoms with E-state index in [1.54, 1.807) is 11.3 Å². The second-order valence-corrected chi connectivity index (χ2v) is 8.28. The molecule has 1 aromatic heterocycles. The molecule has 7 heteroatoms. The molecule has 3 aromatic rings. The fourth-order valence-electron chi connectivity index (χ4n) is 2.93. The highest BCUT2D eigenvalue weighted by atomic mass is 35.5. The minimum absolute atomic E-state index is 0.363. The summed E-state index contributed by atoms with van der Waals surface area (Å²) in [6.45, 7) is 6.10. The lowest BCUT2D eigenvalue weighted by molar-refractivity contribution is -0.136. The third-order valence-corrected chi connectivity index (χ3v) is 6.07. The SMILES string of the molecule is Cc1cccc(C)c1NC(=O)C(=O)NCCc1sc(-c2ccc(Cl)cc2)nc1C. The molecule has 0 fully saturated rings. The van der Waals surface area contributed by atoms with Gasteiger partial charge in [-0.05, 0) is 44.0 Å². The quantitative estimate of drug-likeness (QED) is 0.580. The maximum absolute atomic E-state index is 12.2. The number of rotatable bonds is 5. The summed E-state index contributed by atoms with van der Waals surface area (Å²) in [6, 6.07) is 13.2. The highest BCUT2D eigenvalue weighted by molar-refractivity contribution is 7.15. The number of carbonyl (C=O) groups excluding carboxylic acids is 2. The van der Waals surface area contributed by atoms with E-state index in [-0.39, 0.29) is 0 Å². The van der Waals surface area contributed by atoms with E-state index in [4.69, 9.17) is 11.6 Å². The van der Waals surface area contributed by atoms with Gasteiger partial charge in [0.05, 0.1) is 5.69 Å². The van der Waals surface area contributed by atoms with Gasteiger partial charge < -0.3 is 10.6 Å². The van der Waals surface area contributed by atoms with E-state index in [2.05, 4.69) is 15.6 Å². The fraction of sp³-hybridized carbons (Fsp3) is 0.227. The first-order valence-corrected chi connectivity index (χ1v) is 10.4. The Balaban J connectivity index is 1.56. The van der Waals surface area contributed by atoms with Crippen molar-refractivity contribution < 1.29 is 9.59 Å². The third-order valence-electron chi connectivity index (χ3n) is 4.55. The van der Waals surface area contributed by atoms with Gasteiger partial charge in [-0.25, -0.2) is 4.98 Å². The van der Waals surface area contributed by atoms with E-state index >= 15 is 0 Å². The Bertz CT molecular complexity index is 1020. The summed E-state index contributed by atoms with van der Waals surface area (Å²) in [7, 11) is 0. The molecule has 5 nitrogen and oxygen atoms in total. The maximum atomic E-state index is 12.2. The molecule has 0 unspecified atom stereocenters. The van der Waals surface area contributed by atoms with Crippen LogP contribution in [0.5, 0.6) is 0 Å². The van der Waals surface area contributed by atoms with Crippen LogP contribution in [-0.4, -0.2) is 23.3 Å². The molecule has 0 bridgehead atoms. The standard InChI is InChI=1S/C22H22ClN3O2S/c1-13-5-4-6-14(2)19(13)26-21(28)20(27)24-12-11-18-15(3)25-22(29-18)16-7-9-17(23)10-8-16/h4-10H,11-12H2,1-3H3,(H,24,27)(H,26,28). The average molecular weight is 428 g/mol. The summed E-state index contributed by atoms with van der Waals surface area (Å²) in [5, 5.41) is 6.98. The number of anilines is 1. The first kappa shape index (κ1) is 21.0. The molecule has 150 valence electrons. The van der Waals surface area contributed by atoms with Crippen LogP contribution < -0.4 is 10.6 Å². The molecule has 2 amide bonds. The number of nitrogens with one attached hydrogen (secondary N) is 2. The molecule has 0 spiro atoms.